The van der Waals surface area contributed by atoms with Gasteiger partial charge in [0.2, 0.25) is 5.88 Å². The van der Waals surface area contributed by atoms with Crippen molar-refractivity contribution < 1.29 is 4.74 Å². The Morgan fingerprint density at radius 3 is 2.52 bits per heavy atom. The van der Waals surface area contributed by atoms with Crippen LogP contribution in [0.25, 0.3) is 0 Å². The van der Waals surface area contributed by atoms with E-state index in [1.54, 1.807) is 6.07 Å². The van der Waals surface area contributed by atoms with E-state index in [1.807, 2.05) is 25.4 Å². The number of anilines is 1. The minimum Gasteiger partial charge on any atom is -0.439 e. The van der Waals surface area contributed by atoms with Crippen LogP contribution >= 0.6 is 11.8 Å². The van der Waals surface area contributed by atoms with E-state index in [0.717, 1.165) is 11.6 Å². The highest BCUT2D eigenvalue weighted by Crippen LogP contribution is 2.29. The summed E-state index contributed by atoms with van der Waals surface area (Å²) in [4.78, 5) is 8.71. The molecule has 0 saturated carbocycles. The minimum atomic E-state index is 0.0889. The standard InChI is InChI=1S/C16H21N3OS/c1-16(2,3)11-7-6-8-12(9-11)20-14-10-13(17-4)18-15(19-14)21-5/h6-10H,1-5H3,(H,17,18,19). The third-order valence-corrected chi connectivity index (χ3v) is 3.59. The first kappa shape index (κ1) is 15.6. The van der Waals surface area contributed by atoms with Gasteiger partial charge in [-0.15, -0.1) is 0 Å². The van der Waals surface area contributed by atoms with Crippen molar-refractivity contribution in [2.75, 3.05) is 18.6 Å². The summed E-state index contributed by atoms with van der Waals surface area (Å²) in [5.74, 6) is 2.08. The Kier molecular flexibility index (Phi) is 4.73. The van der Waals surface area contributed by atoms with Crippen molar-refractivity contribution in [1.29, 1.82) is 0 Å². The summed E-state index contributed by atoms with van der Waals surface area (Å²) < 4.78 is 5.89. The molecule has 0 radical (unpaired) electrons. The van der Waals surface area contributed by atoms with Crippen molar-refractivity contribution in [3.05, 3.63) is 35.9 Å². The first-order valence-electron chi connectivity index (χ1n) is 6.81. The maximum Gasteiger partial charge on any atom is 0.225 e. The van der Waals surface area contributed by atoms with Gasteiger partial charge in [-0.05, 0) is 29.4 Å². The molecule has 0 fully saturated rings. The van der Waals surface area contributed by atoms with Crippen LogP contribution in [0.2, 0.25) is 0 Å². The smallest absolute Gasteiger partial charge is 0.225 e. The highest BCUT2D eigenvalue weighted by Gasteiger charge is 2.14. The Bertz CT molecular complexity index is 601. The van der Waals surface area contributed by atoms with E-state index in [9.17, 15) is 0 Å². The number of aromatic nitrogens is 2. The maximum atomic E-state index is 5.89. The van der Waals surface area contributed by atoms with Crippen LogP contribution in [0.4, 0.5) is 5.82 Å². The lowest BCUT2D eigenvalue weighted by Gasteiger charge is -2.19. The Hall–Kier alpha value is -1.75. The zero-order valence-electron chi connectivity index (χ0n) is 13.1. The quantitative estimate of drug-likeness (QED) is 0.673. The van der Waals surface area contributed by atoms with Crippen LogP contribution in [-0.2, 0) is 5.41 Å². The molecule has 112 valence electrons. The van der Waals surface area contributed by atoms with Crippen molar-refractivity contribution in [3.8, 4) is 11.6 Å². The van der Waals surface area contributed by atoms with Crippen molar-refractivity contribution in [1.82, 2.24) is 9.97 Å². The zero-order chi connectivity index (χ0) is 15.5. The van der Waals surface area contributed by atoms with E-state index in [1.165, 1.54) is 17.3 Å². The lowest BCUT2D eigenvalue weighted by Crippen LogP contribution is -2.10. The van der Waals surface area contributed by atoms with Gasteiger partial charge in [0, 0.05) is 13.1 Å². The van der Waals surface area contributed by atoms with Crippen LogP contribution in [0.3, 0.4) is 0 Å². The number of hydrogen-bond donors (Lipinski definition) is 1. The van der Waals surface area contributed by atoms with Crippen molar-refractivity contribution in [2.45, 2.75) is 31.3 Å². The first-order chi connectivity index (χ1) is 9.92. The number of thioether (sulfide) groups is 1. The van der Waals surface area contributed by atoms with E-state index in [-0.39, 0.29) is 5.41 Å². The molecule has 0 bridgehead atoms. The van der Waals surface area contributed by atoms with E-state index >= 15 is 0 Å². The average Bonchev–Trinajstić information content (AvgIpc) is 2.46. The molecule has 1 aromatic carbocycles. The van der Waals surface area contributed by atoms with Crippen molar-refractivity contribution in [3.63, 3.8) is 0 Å². The molecule has 0 amide bonds. The van der Waals surface area contributed by atoms with Crippen molar-refractivity contribution >= 4 is 17.6 Å². The molecule has 4 nitrogen and oxygen atoms in total. The highest BCUT2D eigenvalue weighted by atomic mass is 32.2. The molecule has 0 spiro atoms. The fourth-order valence-corrected chi connectivity index (χ4v) is 2.19. The molecule has 2 aromatic rings. The van der Waals surface area contributed by atoms with Crippen LogP contribution in [0.15, 0.2) is 35.5 Å². The zero-order valence-corrected chi connectivity index (χ0v) is 13.9. The van der Waals surface area contributed by atoms with Crippen LogP contribution in [0, 0.1) is 0 Å². The molecule has 1 aromatic heterocycles. The summed E-state index contributed by atoms with van der Waals surface area (Å²) in [5.41, 5.74) is 1.32. The van der Waals surface area contributed by atoms with Crippen molar-refractivity contribution in [2.24, 2.45) is 0 Å². The summed E-state index contributed by atoms with van der Waals surface area (Å²) in [6, 6.07) is 9.91. The van der Waals surface area contributed by atoms with Gasteiger partial charge in [-0.25, -0.2) is 4.98 Å². The normalized spacial score (nSPS) is 11.3. The fourth-order valence-electron chi connectivity index (χ4n) is 1.82. The van der Waals surface area contributed by atoms with Gasteiger partial charge in [-0.1, -0.05) is 44.7 Å². The third kappa shape index (κ3) is 4.11. The number of ether oxygens (including phenoxy) is 1. The van der Waals surface area contributed by atoms with Gasteiger partial charge in [0.05, 0.1) is 0 Å². The Labute approximate surface area is 130 Å². The topological polar surface area (TPSA) is 47.0 Å². The number of rotatable bonds is 4. The van der Waals surface area contributed by atoms with Gasteiger partial charge >= 0.3 is 0 Å². The van der Waals surface area contributed by atoms with E-state index in [0.29, 0.717) is 11.0 Å². The second-order valence-corrected chi connectivity index (χ2v) is 6.48. The summed E-state index contributed by atoms with van der Waals surface area (Å²) >= 11 is 1.49. The molecular formula is C16H21N3OS. The molecule has 0 aliphatic heterocycles. The first-order valence-corrected chi connectivity index (χ1v) is 8.04. The molecule has 2 rings (SSSR count). The number of hydrogen-bond acceptors (Lipinski definition) is 5. The number of benzene rings is 1. The molecule has 0 atom stereocenters. The molecule has 5 heteroatoms. The summed E-state index contributed by atoms with van der Waals surface area (Å²) in [6.45, 7) is 6.55. The fraction of sp³-hybridized carbons (Fsp3) is 0.375. The van der Waals surface area contributed by atoms with Crippen LogP contribution < -0.4 is 10.1 Å². The summed E-state index contributed by atoms with van der Waals surface area (Å²) in [5, 5.41) is 3.70. The molecule has 1 heterocycles. The van der Waals surface area contributed by atoms with E-state index < -0.39 is 0 Å². The van der Waals surface area contributed by atoms with Crippen LogP contribution in [0.5, 0.6) is 11.6 Å². The largest absolute Gasteiger partial charge is 0.439 e. The average molecular weight is 303 g/mol. The number of nitrogens with zero attached hydrogens (tertiary/aromatic N) is 2. The predicted molar refractivity (Wildman–Crippen MR) is 88.6 cm³/mol. The third-order valence-electron chi connectivity index (χ3n) is 3.04. The second-order valence-electron chi connectivity index (χ2n) is 5.71. The molecule has 21 heavy (non-hydrogen) atoms. The monoisotopic (exact) mass is 303 g/mol. The van der Waals surface area contributed by atoms with E-state index in [2.05, 4.69) is 48.2 Å². The predicted octanol–water partition coefficient (Wildman–Crippen LogP) is 4.33. The van der Waals surface area contributed by atoms with Gasteiger partial charge < -0.3 is 10.1 Å². The van der Waals surface area contributed by atoms with E-state index in [4.69, 9.17) is 4.74 Å². The van der Waals surface area contributed by atoms with Gasteiger partial charge in [0.25, 0.3) is 0 Å². The Morgan fingerprint density at radius 2 is 1.90 bits per heavy atom. The van der Waals surface area contributed by atoms with Gasteiger partial charge in [-0.3, -0.25) is 0 Å². The second kappa shape index (κ2) is 6.35. The highest BCUT2D eigenvalue weighted by molar-refractivity contribution is 7.98. The van der Waals surface area contributed by atoms with Gasteiger partial charge in [-0.2, -0.15) is 4.98 Å². The lowest BCUT2D eigenvalue weighted by atomic mass is 9.87. The molecule has 0 saturated heterocycles. The van der Waals surface area contributed by atoms with Crippen LogP contribution in [0.1, 0.15) is 26.3 Å². The molecular weight excluding hydrogens is 282 g/mol. The molecule has 0 aliphatic carbocycles. The SMILES string of the molecule is CNc1cc(Oc2cccc(C(C)(C)C)c2)nc(SC)n1. The molecule has 0 unspecified atom stereocenters. The van der Waals surface area contributed by atoms with Gasteiger partial charge in [0.1, 0.15) is 11.6 Å². The van der Waals surface area contributed by atoms with Gasteiger partial charge in [0.15, 0.2) is 5.16 Å². The summed E-state index contributed by atoms with van der Waals surface area (Å²) in [7, 11) is 1.83. The summed E-state index contributed by atoms with van der Waals surface area (Å²) in [6.07, 6.45) is 1.94. The Morgan fingerprint density at radius 1 is 1.14 bits per heavy atom. The van der Waals surface area contributed by atoms with Crippen LogP contribution in [-0.4, -0.2) is 23.3 Å². The minimum absolute atomic E-state index is 0.0889. The Balaban J connectivity index is 2.30. The number of nitrogens with one attached hydrogen (secondary N) is 1. The molecule has 1 N–H and O–H groups in total. The molecule has 0 aliphatic rings. The maximum absolute atomic E-state index is 5.89. The lowest BCUT2D eigenvalue weighted by molar-refractivity contribution is 0.453.